The summed E-state index contributed by atoms with van der Waals surface area (Å²) in [6, 6.07) is 5.80. The van der Waals surface area contributed by atoms with Crippen LogP contribution in [0.4, 0.5) is 17.3 Å². The summed E-state index contributed by atoms with van der Waals surface area (Å²) in [6.45, 7) is 3.16. The van der Waals surface area contributed by atoms with E-state index in [1.807, 2.05) is 18.2 Å². The van der Waals surface area contributed by atoms with Gasteiger partial charge in [-0.3, -0.25) is 0 Å². The molecule has 0 amide bonds. The van der Waals surface area contributed by atoms with E-state index in [-0.39, 0.29) is 5.82 Å². The van der Waals surface area contributed by atoms with Gasteiger partial charge in [0, 0.05) is 19.3 Å². The van der Waals surface area contributed by atoms with Crippen LogP contribution in [-0.4, -0.2) is 41.3 Å². The molecule has 0 radical (unpaired) electrons. The summed E-state index contributed by atoms with van der Waals surface area (Å²) in [7, 11) is 0. The maximum atomic E-state index is 8.85. The number of rotatable bonds is 3. The third-order valence-electron chi connectivity index (χ3n) is 3.19. The molecule has 0 unspecified atom stereocenters. The van der Waals surface area contributed by atoms with Crippen molar-refractivity contribution in [2.24, 2.45) is 0 Å². The topological polar surface area (TPSA) is 87.0 Å². The van der Waals surface area contributed by atoms with Crippen LogP contribution in [0.15, 0.2) is 29.0 Å². The summed E-state index contributed by atoms with van der Waals surface area (Å²) >= 11 is 3.35. The largest absolute Gasteiger partial charge is 0.378 e. The van der Waals surface area contributed by atoms with E-state index in [0.29, 0.717) is 10.3 Å². The van der Waals surface area contributed by atoms with Gasteiger partial charge in [-0.1, -0.05) is 0 Å². The number of nitrogens with one attached hydrogen (secondary N) is 1. The van der Waals surface area contributed by atoms with Gasteiger partial charge in [0.25, 0.3) is 0 Å². The Bertz CT molecular complexity index is 693. The quantitative estimate of drug-likeness (QED) is 0.896. The number of nitrogens with zero attached hydrogens (tertiary/aromatic N) is 5. The fourth-order valence-electron chi connectivity index (χ4n) is 2.08. The average molecular weight is 361 g/mol. The molecule has 8 heteroatoms. The lowest BCUT2D eigenvalue weighted by atomic mass is 10.3. The lowest BCUT2D eigenvalue weighted by molar-refractivity contribution is 0.122. The van der Waals surface area contributed by atoms with Gasteiger partial charge in [-0.2, -0.15) is 5.26 Å². The molecule has 2 aromatic rings. The van der Waals surface area contributed by atoms with Gasteiger partial charge in [0.1, 0.15) is 17.7 Å². The highest BCUT2D eigenvalue weighted by molar-refractivity contribution is 9.10. The Balaban J connectivity index is 1.75. The molecular weight excluding hydrogens is 348 g/mol. The van der Waals surface area contributed by atoms with Crippen molar-refractivity contribution in [3.8, 4) is 6.07 Å². The number of nitriles is 1. The minimum atomic E-state index is 0.114. The van der Waals surface area contributed by atoms with E-state index in [2.05, 4.69) is 41.1 Å². The van der Waals surface area contributed by atoms with Gasteiger partial charge in [-0.05, 0) is 28.1 Å². The number of morpholine rings is 1. The molecule has 1 N–H and O–H groups in total. The van der Waals surface area contributed by atoms with Crippen LogP contribution in [0.1, 0.15) is 5.82 Å². The molecule has 3 heterocycles. The Hall–Kier alpha value is -2.24. The average Bonchev–Trinajstić information content (AvgIpc) is 2.58. The first-order valence-electron chi connectivity index (χ1n) is 6.74. The molecule has 0 spiro atoms. The third kappa shape index (κ3) is 3.32. The van der Waals surface area contributed by atoms with Gasteiger partial charge in [0.15, 0.2) is 0 Å². The molecule has 1 aliphatic heterocycles. The number of pyridine rings is 1. The van der Waals surface area contributed by atoms with Crippen LogP contribution in [0.2, 0.25) is 0 Å². The molecule has 0 saturated carbocycles. The van der Waals surface area contributed by atoms with Gasteiger partial charge >= 0.3 is 0 Å². The molecule has 0 atom stereocenters. The standard InChI is InChI=1S/C14H13BrN6O/c15-11-9-17-12(7-16)20-14(11)19-10-1-2-13(18-8-10)21-3-5-22-6-4-21/h1-2,8-9H,3-6H2,(H,17,19,20). The number of aromatic nitrogens is 3. The second-order valence-electron chi connectivity index (χ2n) is 4.63. The van der Waals surface area contributed by atoms with Crippen LogP contribution >= 0.6 is 15.9 Å². The highest BCUT2D eigenvalue weighted by Gasteiger charge is 2.12. The SMILES string of the molecule is N#Cc1ncc(Br)c(Nc2ccc(N3CCOCC3)nc2)n1. The number of ether oxygens (including phenoxy) is 1. The normalized spacial score (nSPS) is 14.5. The van der Waals surface area contributed by atoms with E-state index in [0.717, 1.165) is 37.8 Å². The van der Waals surface area contributed by atoms with E-state index in [1.54, 1.807) is 12.4 Å². The summed E-state index contributed by atoms with van der Waals surface area (Å²) in [5, 5.41) is 12.0. The molecule has 0 aromatic carbocycles. The van der Waals surface area contributed by atoms with E-state index in [1.165, 1.54) is 0 Å². The maximum absolute atomic E-state index is 8.85. The van der Waals surface area contributed by atoms with Gasteiger partial charge in [0.05, 0.1) is 29.6 Å². The second kappa shape index (κ2) is 6.68. The maximum Gasteiger partial charge on any atom is 0.234 e. The van der Waals surface area contributed by atoms with Crippen molar-refractivity contribution < 1.29 is 4.74 Å². The summed E-state index contributed by atoms with van der Waals surface area (Å²) in [6.07, 6.45) is 3.29. The Morgan fingerprint density at radius 2 is 2.05 bits per heavy atom. The number of hydrogen-bond acceptors (Lipinski definition) is 7. The smallest absolute Gasteiger partial charge is 0.234 e. The molecule has 1 aliphatic rings. The van der Waals surface area contributed by atoms with Crippen molar-refractivity contribution in [3.63, 3.8) is 0 Å². The van der Waals surface area contributed by atoms with Crippen LogP contribution < -0.4 is 10.2 Å². The van der Waals surface area contributed by atoms with Crippen molar-refractivity contribution in [1.29, 1.82) is 5.26 Å². The Kier molecular flexibility index (Phi) is 4.46. The van der Waals surface area contributed by atoms with Crippen molar-refractivity contribution in [2.75, 3.05) is 36.5 Å². The summed E-state index contributed by atoms with van der Waals surface area (Å²) in [4.78, 5) is 14.6. The molecule has 1 saturated heterocycles. The van der Waals surface area contributed by atoms with Crippen LogP contribution in [0.25, 0.3) is 0 Å². The zero-order chi connectivity index (χ0) is 15.4. The first kappa shape index (κ1) is 14.7. The van der Waals surface area contributed by atoms with E-state index in [9.17, 15) is 0 Å². The third-order valence-corrected chi connectivity index (χ3v) is 3.77. The summed E-state index contributed by atoms with van der Waals surface area (Å²) < 4.78 is 6.02. The molecule has 112 valence electrons. The first-order chi connectivity index (χ1) is 10.8. The first-order valence-corrected chi connectivity index (χ1v) is 7.54. The van der Waals surface area contributed by atoms with Gasteiger partial charge in [0.2, 0.25) is 5.82 Å². The van der Waals surface area contributed by atoms with Crippen LogP contribution in [0.3, 0.4) is 0 Å². The van der Waals surface area contributed by atoms with Crippen molar-refractivity contribution in [2.45, 2.75) is 0 Å². The molecule has 1 fully saturated rings. The minimum absolute atomic E-state index is 0.114. The van der Waals surface area contributed by atoms with E-state index >= 15 is 0 Å². The molecule has 3 rings (SSSR count). The Labute approximate surface area is 136 Å². The lowest BCUT2D eigenvalue weighted by Gasteiger charge is -2.27. The Morgan fingerprint density at radius 3 is 2.73 bits per heavy atom. The van der Waals surface area contributed by atoms with Crippen molar-refractivity contribution >= 4 is 33.3 Å². The highest BCUT2D eigenvalue weighted by atomic mass is 79.9. The molecule has 0 bridgehead atoms. The van der Waals surface area contributed by atoms with E-state index in [4.69, 9.17) is 10.00 Å². The molecule has 7 nitrogen and oxygen atoms in total. The minimum Gasteiger partial charge on any atom is -0.378 e. The van der Waals surface area contributed by atoms with Crippen molar-refractivity contribution in [1.82, 2.24) is 15.0 Å². The number of anilines is 3. The predicted molar refractivity (Wildman–Crippen MR) is 85.0 cm³/mol. The lowest BCUT2D eigenvalue weighted by Crippen LogP contribution is -2.36. The van der Waals surface area contributed by atoms with Gasteiger partial charge in [-0.15, -0.1) is 0 Å². The van der Waals surface area contributed by atoms with Crippen molar-refractivity contribution in [3.05, 3.63) is 34.8 Å². The fourth-order valence-corrected chi connectivity index (χ4v) is 2.38. The molecule has 22 heavy (non-hydrogen) atoms. The molecular formula is C14H13BrN6O. The predicted octanol–water partition coefficient (Wildman–Crippen LogP) is 2.09. The number of halogens is 1. The summed E-state index contributed by atoms with van der Waals surface area (Å²) in [5.74, 6) is 1.57. The highest BCUT2D eigenvalue weighted by Crippen LogP contribution is 2.23. The number of hydrogen-bond donors (Lipinski definition) is 1. The van der Waals surface area contributed by atoms with E-state index < -0.39 is 0 Å². The molecule has 2 aromatic heterocycles. The van der Waals surface area contributed by atoms with Crippen LogP contribution in [-0.2, 0) is 4.74 Å². The fraction of sp³-hybridized carbons (Fsp3) is 0.286. The zero-order valence-electron chi connectivity index (χ0n) is 11.7. The summed E-state index contributed by atoms with van der Waals surface area (Å²) in [5.41, 5.74) is 0.792. The van der Waals surface area contributed by atoms with Crippen LogP contribution in [0.5, 0.6) is 0 Å². The van der Waals surface area contributed by atoms with Gasteiger partial charge in [-0.25, -0.2) is 15.0 Å². The second-order valence-corrected chi connectivity index (χ2v) is 5.49. The van der Waals surface area contributed by atoms with Gasteiger partial charge < -0.3 is 15.0 Å². The monoisotopic (exact) mass is 360 g/mol. The Morgan fingerprint density at radius 1 is 1.23 bits per heavy atom. The van der Waals surface area contributed by atoms with Crippen LogP contribution in [0, 0.1) is 11.3 Å². The zero-order valence-corrected chi connectivity index (χ0v) is 13.2. The molecule has 0 aliphatic carbocycles.